The van der Waals surface area contributed by atoms with Gasteiger partial charge in [0.05, 0.1) is 5.69 Å². The predicted octanol–water partition coefficient (Wildman–Crippen LogP) is 4.33. The highest BCUT2D eigenvalue weighted by Crippen LogP contribution is 2.37. The summed E-state index contributed by atoms with van der Waals surface area (Å²) >= 11 is 0. The van der Waals surface area contributed by atoms with Gasteiger partial charge in [0.15, 0.2) is 0 Å². The lowest BCUT2D eigenvalue weighted by Gasteiger charge is -2.32. The number of amides is 3. The van der Waals surface area contributed by atoms with Crippen molar-refractivity contribution in [3.05, 3.63) is 114 Å². The highest BCUT2D eigenvalue weighted by Gasteiger charge is 2.35. The van der Waals surface area contributed by atoms with Gasteiger partial charge in [-0.2, -0.15) is 0 Å². The van der Waals surface area contributed by atoms with Gasteiger partial charge in [0.2, 0.25) is 11.8 Å². The Morgan fingerprint density at radius 3 is 2.35 bits per heavy atom. The first-order valence-corrected chi connectivity index (χ1v) is 12.1. The molecule has 0 aromatic heterocycles. The van der Waals surface area contributed by atoms with Crippen LogP contribution in [0.1, 0.15) is 21.5 Å². The lowest BCUT2D eigenvalue weighted by molar-refractivity contribution is -0.140. The maximum Gasteiger partial charge on any atom is 0.259 e. The molecule has 4 aromatic carbocycles. The van der Waals surface area contributed by atoms with Gasteiger partial charge in [0, 0.05) is 36.5 Å². The molecule has 4 aromatic rings. The number of likely N-dealkylation sites (N-methyl/N-ethyl adjacent to an activating group) is 1. The van der Waals surface area contributed by atoms with Crippen molar-refractivity contribution in [2.24, 2.45) is 0 Å². The minimum Gasteiger partial charge on any atom is -0.357 e. The Morgan fingerprint density at radius 2 is 1.62 bits per heavy atom. The van der Waals surface area contributed by atoms with Crippen LogP contribution < -0.4 is 10.2 Å². The second-order valence-electron chi connectivity index (χ2n) is 9.00. The van der Waals surface area contributed by atoms with Gasteiger partial charge in [-0.05, 0) is 29.1 Å². The predicted molar refractivity (Wildman–Crippen MR) is 141 cm³/mol. The van der Waals surface area contributed by atoms with Crippen LogP contribution in [0, 0.1) is 5.82 Å². The largest absolute Gasteiger partial charge is 0.357 e. The van der Waals surface area contributed by atoms with Crippen molar-refractivity contribution in [2.75, 3.05) is 18.5 Å². The quantitative estimate of drug-likeness (QED) is 0.396. The number of anilines is 1. The van der Waals surface area contributed by atoms with Crippen molar-refractivity contribution < 1.29 is 18.8 Å². The highest BCUT2D eigenvalue weighted by molar-refractivity contribution is 6.26. The summed E-state index contributed by atoms with van der Waals surface area (Å²) in [5.74, 6) is -1.56. The summed E-state index contributed by atoms with van der Waals surface area (Å²) in [7, 11) is 1.51. The third-order valence-corrected chi connectivity index (χ3v) is 6.76. The molecule has 0 radical (unpaired) electrons. The zero-order chi connectivity index (χ0) is 25.9. The maximum absolute atomic E-state index is 14.7. The number of carbonyl (C=O) groups excluding carboxylic acids is 3. The first kappa shape index (κ1) is 24.2. The average Bonchev–Trinajstić information content (AvgIpc) is 3.19. The SMILES string of the molecule is CNC(=O)[C@@H](Cc1ccccc1)N(Cc1ccccc1F)C(=O)CN1C(=O)c2cccc3cccc1c23. The Morgan fingerprint density at radius 1 is 0.919 bits per heavy atom. The third kappa shape index (κ3) is 4.68. The van der Waals surface area contributed by atoms with Gasteiger partial charge in [-0.15, -0.1) is 0 Å². The molecule has 1 heterocycles. The van der Waals surface area contributed by atoms with Gasteiger partial charge in [-0.25, -0.2) is 4.39 Å². The average molecular weight is 496 g/mol. The number of benzene rings is 4. The summed E-state index contributed by atoms with van der Waals surface area (Å²) in [4.78, 5) is 43.1. The number of rotatable bonds is 8. The lowest BCUT2D eigenvalue weighted by atomic mass is 10.0. The van der Waals surface area contributed by atoms with E-state index in [-0.39, 0.29) is 36.9 Å². The van der Waals surface area contributed by atoms with Crippen molar-refractivity contribution in [1.82, 2.24) is 10.2 Å². The van der Waals surface area contributed by atoms with E-state index in [0.717, 1.165) is 16.3 Å². The molecule has 1 aliphatic rings. The topological polar surface area (TPSA) is 69.7 Å². The number of hydrogen-bond acceptors (Lipinski definition) is 3. The molecule has 6 nitrogen and oxygen atoms in total. The Balaban J connectivity index is 1.51. The second kappa shape index (κ2) is 10.2. The number of nitrogens with zero attached hydrogens (tertiary/aromatic N) is 2. The molecule has 3 amide bonds. The zero-order valence-corrected chi connectivity index (χ0v) is 20.4. The molecule has 0 saturated carbocycles. The Kier molecular flexibility index (Phi) is 6.68. The summed E-state index contributed by atoms with van der Waals surface area (Å²) in [5, 5.41) is 4.36. The number of carbonyl (C=O) groups is 3. The van der Waals surface area contributed by atoms with E-state index in [9.17, 15) is 18.8 Å². The van der Waals surface area contributed by atoms with Crippen LogP contribution in [0.5, 0.6) is 0 Å². The second-order valence-corrected chi connectivity index (χ2v) is 9.00. The minimum absolute atomic E-state index is 0.115. The first-order valence-electron chi connectivity index (χ1n) is 12.1. The van der Waals surface area contributed by atoms with Crippen LogP contribution in [-0.4, -0.2) is 42.3 Å². The summed E-state index contributed by atoms with van der Waals surface area (Å²) in [6, 6.07) is 25.7. The molecule has 186 valence electrons. The molecule has 1 atom stereocenters. The zero-order valence-electron chi connectivity index (χ0n) is 20.4. The molecule has 0 spiro atoms. The summed E-state index contributed by atoms with van der Waals surface area (Å²) < 4.78 is 14.7. The van der Waals surface area contributed by atoms with Crippen molar-refractivity contribution in [2.45, 2.75) is 19.0 Å². The van der Waals surface area contributed by atoms with Crippen LogP contribution in [0.25, 0.3) is 10.8 Å². The third-order valence-electron chi connectivity index (χ3n) is 6.76. The molecule has 0 aliphatic carbocycles. The Labute approximate surface area is 214 Å². The number of hydrogen-bond donors (Lipinski definition) is 1. The fraction of sp³-hybridized carbons (Fsp3) is 0.167. The highest BCUT2D eigenvalue weighted by atomic mass is 19.1. The molecule has 5 rings (SSSR count). The maximum atomic E-state index is 14.7. The Hall–Kier alpha value is -4.52. The van der Waals surface area contributed by atoms with E-state index >= 15 is 0 Å². The van der Waals surface area contributed by atoms with Gasteiger partial charge in [-0.1, -0.05) is 72.8 Å². The molecule has 0 saturated heterocycles. The van der Waals surface area contributed by atoms with E-state index < -0.39 is 17.8 Å². The molecule has 1 N–H and O–H groups in total. The molecule has 7 heteroatoms. The standard InChI is InChI=1S/C30H26FN3O3/c1-32-29(36)26(17-20-9-3-2-4-10-20)33(18-22-11-5-6-15-24(22)31)27(35)19-34-25-16-8-13-21-12-7-14-23(28(21)25)30(34)37/h2-16,26H,17-19H2,1H3,(H,32,36)/t26-/m1/s1. The number of nitrogens with one attached hydrogen (secondary N) is 1. The van der Waals surface area contributed by atoms with E-state index in [1.807, 2.05) is 60.7 Å². The summed E-state index contributed by atoms with van der Waals surface area (Å²) in [5.41, 5.74) is 2.33. The lowest BCUT2D eigenvalue weighted by Crippen LogP contribution is -2.52. The normalized spacial score (nSPS) is 13.0. The van der Waals surface area contributed by atoms with E-state index in [0.29, 0.717) is 11.3 Å². The molecule has 1 aliphatic heterocycles. The monoisotopic (exact) mass is 495 g/mol. The van der Waals surface area contributed by atoms with Crippen LogP contribution >= 0.6 is 0 Å². The molecule has 0 unspecified atom stereocenters. The van der Waals surface area contributed by atoms with Gasteiger partial charge < -0.3 is 10.2 Å². The van der Waals surface area contributed by atoms with Crippen molar-refractivity contribution in [3.8, 4) is 0 Å². The molecule has 0 bridgehead atoms. The van der Waals surface area contributed by atoms with Crippen molar-refractivity contribution in [1.29, 1.82) is 0 Å². The van der Waals surface area contributed by atoms with Gasteiger partial charge in [0.1, 0.15) is 18.4 Å². The number of halogens is 1. The Bertz CT molecular complexity index is 1480. The molecule has 37 heavy (non-hydrogen) atoms. The molecule has 0 fully saturated rings. The molecular formula is C30H26FN3O3. The van der Waals surface area contributed by atoms with Crippen LogP contribution in [-0.2, 0) is 22.6 Å². The van der Waals surface area contributed by atoms with E-state index in [1.165, 1.54) is 22.9 Å². The van der Waals surface area contributed by atoms with E-state index in [1.54, 1.807) is 24.3 Å². The van der Waals surface area contributed by atoms with Crippen molar-refractivity contribution >= 4 is 34.2 Å². The van der Waals surface area contributed by atoms with Gasteiger partial charge in [-0.3, -0.25) is 19.3 Å². The minimum atomic E-state index is -0.907. The van der Waals surface area contributed by atoms with E-state index in [4.69, 9.17) is 0 Å². The summed E-state index contributed by atoms with van der Waals surface area (Å²) in [6.07, 6.45) is 0.241. The van der Waals surface area contributed by atoms with Crippen LogP contribution in [0.2, 0.25) is 0 Å². The first-order chi connectivity index (χ1) is 18.0. The summed E-state index contributed by atoms with van der Waals surface area (Å²) in [6.45, 7) is -0.390. The smallest absolute Gasteiger partial charge is 0.259 e. The fourth-order valence-corrected chi connectivity index (χ4v) is 4.89. The van der Waals surface area contributed by atoms with Gasteiger partial charge in [0.25, 0.3) is 5.91 Å². The van der Waals surface area contributed by atoms with E-state index in [2.05, 4.69) is 5.32 Å². The van der Waals surface area contributed by atoms with Crippen LogP contribution in [0.15, 0.2) is 91.0 Å². The van der Waals surface area contributed by atoms with Crippen LogP contribution in [0.4, 0.5) is 10.1 Å². The van der Waals surface area contributed by atoms with Gasteiger partial charge >= 0.3 is 0 Å². The fourth-order valence-electron chi connectivity index (χ4n) is 4.89. The van der Waals surface area contributed by atoms with Crippen LogP contribution in [0.3, 0.4) is 0 Å². The van der Waals surface area contributed by atoms with Crippen molar-refractivity contribution in [3.63, 3.8) is 0 Å². The molecular weight excluding hydrogens is 469 g/mol.